The molecular weight excluding hydrogens is 493 g/mol. The van der Waals surface area contributed by atoms with Crippen molar-refractivity contribution in [3.63, 3.8) is 0 Å². The van der Waals surface area contributed by atoms with E-state index >= 15 is 0 Å². The minimum atomic E-state index is -4.43. The number of aryl methyl sites for hydroxylation is 1. The van der Waals surface area contributed by atoms with Gasteiger partial charge in [-0.15, -0.1) is 0 Å². The highest BCUT2D eigenvalue weighted by Crippen LogP contribution is 2.36. The van der Waals surface area contributed by atoms with Crippen LogP contribution in [0.25, 0.3) is 22.0 Å². The normalized spacial score (nSPS) is 12.4. The first kappa shape index (κ1) is 26.9. The van der Waals surface area contributed by atoms with Gasteiger partial charge in [0.15, 0.2) is 0 Å². The fraction of sp³-hybridized carbons (Fsp3) is 0.276. The fourth-order valence-corrected chi connectivity index (χ4v) is 4.50. The molecule has 2 aromatic carbocycles. The monoisotopic (exact) mass is 522 g/mol. The van der Waals surface area contributed by atoms with E-state index in [1.165, 1.54) is 28.5 Å². The predicted molar refractivity (Wildman–Crippen MR) is 143 cm³/mol. The number of amides is 1. The Morgan fingerprint density at radius 1 is 1.05 bits per heavy atom. The van der Waals surface area contributed by atoms with Crippen molar-refractivity contribution in [2.45, 2.75) is 39.5 Å². The molecule has 0 aliphatic rings. The van der Waals surface area contributed by atoms with Crippen LogP contribution < -0.4 is 10.9 Å². The van der Waals surface area contributed by atoms with Crippen LogP contribution in [0.4, 0.5) is 18.9 Å². The van der Waals surface area contributed by atoms with E-state index in [0.717, 1.165) is 28.4 Å². The molecule has 0 spiro atoms. The number of alkyl halides is 3. The molecule has 2 heterocycles. The van der Waals surface area contributed by atoms with E-state index in [1.54, 1.807) is 32.4 Å². The van der Waals surface area contributed by atoms with Crippen molar-refractivity contribution in [2.75, 3.05) is 19.4 Å². The number of rotatable bonds is 6. The third-order valence-electron chi connectivity index (χ3n) is 6.59. The van der Waals surface area contributed by atoms with Crippen LogP contribution >= 0.6 is 0 Å². The van der Waals surface area contributed by atoms with Crippen LogP contribution in [-0.2, 0) is 17.5 Å². The number of benzene rings is 2. The summed E-state index contributed by atoms with van der Waals surface area (Å²) in [5, 5.41) is 4.15. The van der Waals surface area contributed by atoms with Crippen molar-refractivity contribution < 1.29 is 18.0 Å². The Bertz CT molecular complexity index is 1570. The molecule has 4 rings (SSSR count). The van der Waals surface area contributed by atoms with Gasteiger partial charge in [-0.3, -0.25) is 14.6 Å². The van der Waals surface area contributed by atoms with Crippen LogP contribution in [0.1, 0.15) is 35.3 Å². The maximum absolute atomic E-state index is 13.5. The number of fused-ring (bicyclic) bond motifs is 1. The van der Waals surface area contributed by atoms with Gasteiger partial charge < -0.3 is 14.8 Å². The van der Waals surface area contributed by atoms with Gasteiger partial charge in [-0.1, -0.05) is 18.2 Å². The molecule has 0 saturated carbocycles. The summed E-state index contributed by atoms with van der Waals surface area (Å²) in [5.41, 5.74) is 3.44. The number of aromatic nitrogens is 2. The summed E-state index contributed by atoms with van der Waals surface area (Å²) in [6.45, 7) is 5.11. The largest absolute Gasteiger partial charge is 0.416 e. The number of hydrogen-bond donors (Lipinski definition) is 1. The van der Waals surface area contributed by atoms with E-state index in [1.807, 2.05) is 38.1 Å². The molecule has 0 fully saturated rings. The number of nitrogens with one attached hydrogen (secondary N) is 1. The lowest BCUT2D eigenvalue weighted by molar-refractivity contribution is -0.138. The van der Waals surface area contributed by atoms with E-state index in [-0.39, 0.29) is 23.6 Å². The Kier molecular flexibility index (Phi) is 7.31. The fourth-order valence-electron chi connectivity index (χ4n) is 4.50. The van der Waals surface area contributed by atoms with Crippen LogP contribution in [0.5, 0.6) is 0 Å². The Hall–Kier alpha value is -4.14. The van der Waals surface area contributed by atoms with Gasteiger partial charge in [-0.25, -0.2) is 0 Å². The Labute approximate surface area is 218 Å². The van der Waals surface area contributed by atoms with Crippen molar-refractivity contribution in [3.8, 4) is 11.1 Å². The number of halogens is 3. The summed E-state index contributed by atoms with van der Waals surface area (Å²) >= 11 is 0. The van der Waals surface area contributed by atoms with Crippen LogP contribution in [0.15, 0.2) is 65.6 Å². The maximum atomic E-state index is 13.5. The predicted octanol–water partition coefficient (Wildman–Crippen LogP) is 5.96. The van der Waals surface area contributed by atoms with Crippen molar-refractivity contribution in [2.24, 2.45) is 0 Å². The van der Waals surface area contributed by atoms with E-state index in [0.29, 0.717) is 16.6 Å². The van der Waals surface area contributed by atoms with Crippen molar-refractivity contribution in [3.05, 3.63) is 93.5 Å². The number of hydrogen-bond acceptors (Lipinski definition) is 4. The highest BCUT2D eigenvalue weighted by atomic mass is 19.4. The van der Waals surface area contributed by atoms with Gasteiger partial charge in [0.05, 0.1) is 11.1 Å². The van der Waals surface area contributed by atoms with Gasteiger partial charge in [0.2, 0.25) is 5.91 Å². The van der Waals surface area contributed by atoms with Crippen molar-refractivity contribution >= 4 is 22.5 Å². The second-order valence-corrected chi connectivity index (χ2v) is 9.60. The Morgan fingerprint density at radius 3 is 2.42 bits per heavy atom. The second-order valence-electron chi connectivity index (χ2n) is 9.60. The standard InChI is InChI=1S/C29H29F3N4O2/c1-17-13-26(34-19(3)22-7-6-8-24(18(22)2)29(30,31)32)23-14-20(9-10-25(23)33-17)21-11-12-36(27(37)15-21)16-28(38)35(4)5/h6-15,19H,16H2,1-5H3,(H,33,34)/t19-/m1/s1. The first-order valence-corrected chi connectivity index (χ1v) is 12.1. The molecule has 0 radical (unpaired) electrons. The zero-order chi connectivity index (χ0) is 27.8. The van der Waals surface area contributed by atoms with E-state index in [9.17, 15) is 22.8 Å². The lowest BCUT2D eigenvalue weighted by atomic mass is 9.96. The summed E-state index contributed by atoms with van der Waals surface area (Å²) in [6.07, 6.45) is -2.84. The number of carbonyl (C=O) groups is 1. The molecule has 2 aromatic heterocycles. The lowest BCUT2D eigenvalue weighted by Crippen LogP contribution is -2.31. The minimum absolute atomic E-state index is 0.0477. The van der Waals surface area contributed by atoms with E-state index in [2.05, 4.69) is 10.3 Å². The number of nitrogens with zero attached hydrogens (tertiary/aromatic N) is 3. The highest BCUT2D eigenvalue weighted by molar-refractivity contribution is 5.94. The summed E-state index contributed by atoms with van der Waals surface area (Å²) in [5.74, 6) is -0.187. The van der Waals surface area contributed by atoms with Gasteiger partial charge >= 0.3 is 6.18 Å². The lowest BCUT2D eigenvalue weighted by Gasteiger charge is -2.22. The molecule has 0 bridgehead atoms. The summed E-state index contributed by atoms with van der Waals surface area (Å²) in [6, 6.07) is 14.5. The van der Waals surface area contributed by atoms with Crippen LogP contribution in [0, 0.1) is 13.8 Å². The molecular formula is C29H29F3N4O2. The molecule has 9 heteroatoms. The van der Waals surface area contributed by atoms with Crippen LogP contribution in [0.2, 0.25) is 0 Å². The zero-order valence-electron chi connectivity index (χ0n) is 21.8. The molecule has 0 aliphatic heterocycles. The Morgan fingerprint density at radius 2 is 1.76 bits per heavy atom. The zero-order valence-corrected chi connectivity index (χ0v) is 21.8. The van der Waals surface area contributed by atoms with Gasteiger partial charge in [-0.05, 0) is 73.4 Å². The van der Waals surface area contributed by atoms with Crippen molar-refractivity contribution in [1.29, 1.82) is 0 Å². The first-order valence-electron chi connectivity index (χ1n) is 12.1. The summed E-state index contributed by atoms with van der Waals surface area (Å²) < 4.78 is 41.7. The molecule has 1 atom stereocenters. The smallest absolute Gasteiger partial charge is 0.378 e. The highest BCUT2D eigenvalue weighted by Gasteiger charge is 2.33. The number of carbonyl (C=O) groups excluding carboxylic acids is 1. The third kappa shape index (κ3) is 5.56. The van der Waals surface area contributed by atoms with Gasteiger partial charge in [-0.2, -0.15) is 13.2 Å². The number of pyridine rings is 2. The molecule has 4 aromatic rings. The topological polar surface area (TPSA) is 67.2 Å². The average molecular weight is 523 g/mol. The molecule has 1 N–H and O–H groups in total. The molecule has 1 amide bonds. The van der Waals surface area contributed by atoms with Gasteiger partial charge in [0, 0.05) is 49.2 Å². The van der Waals surface area contributed by atoms with Crippen LogP contribution in [0.3, 0.4) is 0 Å². The maximum Gasteiger partial charge on any atom is 0.416 e. The molecule has 0 unspecified atom stereocenters. The Balaban J connectivity index is 1.71. The molecule has 0 saturated heterocycles. The van der Waals surface area contributed by atoms with E-state index in [4.69, 9.17) is 0 Å². The van der Waals surface area contributed by atoms with Gasteiger partial charge in [0.25, 0.3) is 5.56 Å². The minimum Gasteiger partial charge on any atom is -0.378 e. The quantitative estimate of drug-likeness (QED) is 0.339. The van der Waals surface area contributed by atoms with E-state index < -0.39 is 17.8 Å². The van der Waals surface area contributed by atoms with Gasteiger partial charge in [0.1, 0.15) is 6.54 Å². The van der Waals surface area contributed by atoms with Crippen LogP contribution in [-0.4, -0.2) is 34.5 Å². The molecule has 38 heavy (non-hydrogen) atoms. The summed E-state index contributed by atoms with van der Waals surface area (Å²) in [7, 11) is 3.26. The van der Waals surface area contributed by atoms with Crippen molar-refractivity contribution in [1.82, 2.24) is 14.5 Å². The third-order valence-corrected chi connectivity index (χ3v) is 6.59. The first-order chi connectivity index (χ1) is 17.8. The second kappa shape index (κ2) is 10.3. The summed E-state index contributed by atoms with van der Waals surface area (Å²) in [4.78, 5) is 30.7. The molecule has 6 nitrogen and oxygen atoms in total. The average Bonchev–Trinajstić information content (AvgIpc) is 2.84. The molecule has 198 valence electrons. The molecule has 0 aliphatic carbocycles. The number of likely N-dealkylation sites (N-methyl/N-ethyl adjacent to an activating group) is 1. The SMILES string of the molecule is Cc1cc(N[C@H](C)c2cccc(C(F)(F)F)c2C)c2cc(-c3ccn(CC(=O)N(C)C)c(=O)c3)ccc2n1. The number of anilines is 1.